The van der Waals surface area contributed by atoms with E-state index in [1.165, 1.54) is 10.4 Å². The maximum absolute atomic E-state index is 12.8. The molecule has 7 heteroatoms. The second-order valence-corrected chi connectivity index (χ2v) is 24.0. The summed E-state index contributed by atoms with van der Waals surface area (Å²) < 4.78 is 25.7. The summed E-state index contributed by atoms with van der Waals surface area (Å²) in [4.78, 5) is 12.8. The SMILES string of the molecule is COc1ccc(CO[C@H](CC#CCO[Si](c2ccccc2)(c2ccccc2)C(C)(C)C)[C@H](C=O)O[Si](C(C)C)(C(C)C)C(C)C)cc1. The van der Waals surface area contributed by atoms with Gasteiger partial charge in [0, 0.05) is 6.42 Å². The minimum atomic E-state index is -2.71. The second-order valence-electron chi connectivity index (χ2n) is 14.2. The summed E-state index contributed by atoms with van der Waals surface area (Å²) in [6.45, 7) is 20.7. The smallest absolute Gasteiger partial charge is 0.262 e. The van der Waals surface area contributed by atoms with Gasteiger partial charge < -0.3 is 23.1 Å². The lowest BCUT2D eigenvalue weighted by Crippen LogP contribution is -2.66. The van der Waals surface area contributed by atoms with E-state index < -0.39 is 28.8 Å². The Kier molecular flexibility index (Phi) is 14.2. The van der Waals surface area contributed by atoms with Crippen LogP contribution in [0.15, 0.2) is 84.9 Å². The average Bonchev–Trinajstić information content (AvgIpc) is 3.05. The molecule has 0 saturated heterocycles. The molecular formula is C40H56O5Si2. The molecule has 0 unspecified atom stereocenters. The van der Waals surface area contributed by atoms with Gasteiger partial charge >= 0.3 is 0 Å². The van der Waals surface area contributed by atoms with Crippen LogP contribution < -0.4 is 15.1 Å². The maximum Gasteiger partial charge on any atom is 0.262 e. The van der Waals surface area contributed by atoms with Crippen LogP contribution in [0.5, 0.6) is 5.75 Å². The van der Waals surface area contributed by atoms with E-state index in [2.05, 4.69) is 123 Å². The molecule has 0 aliphatic carbocycles. The van der Waals surface area contributed by atoms with Gasteiger partial charge in [-0.2, -0.15) is 0 Å². The Morgan fingerprint density at radius 3 is 1.68 bits per heavy atom. The van der Waals surface area contributed by atoms with Crippen LogP contribution in [0.3, 0.4) is 0 Å². The van der Waals surface area contributed by atoms with E-state index in [9.17, 15) is 4.79 Å². The number of carbonyl (C=O) groups excluding carboxylic acids is 1. The van der Waals surface area contributed by atoms with Crippen molar-refractivity contribution in [2.24, 2.45) is 0 Å². The maximum atomic E-state index is 12.8. The molecule has 254 valence electrons. The molecule has 0 amide bonds. The normalized spacial score (nSPS) is 13.7. The summed E-state index contributed by atoms with van der Waals surface area (Å²) in [6, 6.07) is 28.9. The van der Waals surface area contributed by atoms with Gasteiger partial charge in [0.05, 0.1) is 20.3 Å². The molecule has 3 aromatic carbocycles. The molecule has 0 aliphatic rings. The number of aldehydes is 1. The zero-order valence-electron chi connectivity index (χ0n) is 30.2. The van der Waals surface area contributed by atoms with Crippen molar-refractivity contribution in [3.8, 4) is 17.6 Å². The molecule has 3 aromatic rings. The van der Waals surface area contributed by atoms with Crippen LogP contribution in [0.2, 0.25) is 21.7 Å². The molecule has 0 radical (unpaired) electrons. The predicted octanol–water partition coefficient (Wildman–Crippen LogP) is 8.31. The van der Waals surface area contributed by atoms with E-state index in [0.29, 0.717) is 29.7 Å². The fourth-order valence-corrected chi connectivity index (χ4v) is 17.1. The Morgan fingerprint density at radius 2 is 1.26 bits per heavy atom. The molecular weight excluding hydrogens is 617 g/mol. The highest BCUT2D eigenvalue weighted by atomic mass is 28.4. The standard InChI is InChI=1S/C40H56O5Si2/c1-31(2)46(32(3)4,33(5)6)45-39(29-41)38(43-30-34-24-26-35(42-10)27-25-34)23-17-18-28-44-47(40(7,8)9,36-19-13-11-14-20-36)37-21-15-12-16-22-37/h11-16,19-22,24-27,29,31-33,38-39H,23,28,30H2,1-10H3/t38-,39+/m1/s1. The number of ether oxygens (including phenoxy) is 2. The van der Waals surface area contributed by atoms with Gasteiger partial charge in [-0.25, -0.2) is 0 Å². The van der Waals surface area contributed by atoms with E-state index in [1.807, 2.05) is 36.4 Å². The highest BCUT2D eigenvalue weighted by Gasteiger charge is 2.50. The predicted molar refractivity (Wildman–Crippen MR) is 200 cm³/mol. The van der Waals surface area contributed by atoms with Crippen molar-refractivity contribution in [2.45, 2.75) is 109 Å². The summed E-state index contributed by atoms with van der Waals surface area (Å²) in [6.07, 6.45) is 0.0217. The van der Waals surface area contributed by atoms with Crippen LogP contribution in [-0.4, -0.2) is 48.8 Å². The Bertz CT molecular complexity index is 1360. The van der Waals surface area contributed by atoms with E-state index in [0.717, 1.165) is 17.6 Å². The van der Waals surface area contributed by atoms with Crippen LogP contribution in [0.25, 0.3) is 0 Å². The van der Waals surface area contributed by atoms with Crippen LogP contribution in [-0.2, 0) is 25.0 Å². The summed E-state index contributed by atoms with van der Waals surface area (Å²) in [5.74, 6) is 7.43. The van der Waals surface area contributed by atoms with Crippen molar-refractivity contribution in [3.63, 3.8) is 0 Å². The fourth-order valence-electron chi connectivity index (χ4n) is 7.16. The van der Waals surface area contributed by atoms with Crippen molar-refractivity contribution in [1.82, 2.24) is 0 Å². The fraction of sp³-hybridized carbons (Fsp3) is 0.475. The van der Waals surface area contributed by atoms with Gasteiger partial charge in [0.15, 0.2) is 0 Å². The minimum absolute atomic E-state index is 0.143. The largest absolute Gasteiger partial charge is 0.497 e. The van der Waals surface area contributed by atoms with Gasteiger partial charge in [-0.05, 0) is 49.7 Å². The molecule has 0 aromatic heterocycles. The minimum Gasteiger partial charge on any atom is -0.497 e. The van der Waals surface area contributed by atoms with Crippen LogP contribution >= 0.6 is 0 Å². The molecule has 0 N–H and O–H groups in total. The molecule has 0 heterocycles. The molecule has 3 rings (SSSR count). The number of methoxy groups -OCH3 is 1. The molecule has 0 fully saturated rings. The lowest BCUT2D eigenvalue weighted by atomic mass is 10.1. The lowest BCUT2D eigenvalue weighted by molar-refractivity contribution is -0.122. The number of benzene rings is 3. The van der Waals surface area contributed by atoms with Crippen molar-refractivity contribution >= 4 is 33.3 Å². The van der Waals surface area contributed by atoms with Crippen LogP contribution in [0.4, 0.5) is 0 Å². The first-order valence-electron chi connectivity index (χ1n) is 16.9. The van der Waals surface area contributed by atoms with Crippen LogP contribution in [0, 0.1) is 11.8 Å². The van der Waals surface area contributed by atoms with Gasteiger partial charge in [0.1, 0.15) is 24.2 Å². The number of hydrogen-bond donors (Lipinski definition) is 0. The third kappa shape index (κ3) is 9.13. The first kappa shape index (κ1) is 38.5. The van der Waals surface area contributed by atoms with Gasteiger partial charge in [0.25, 0.3) is 8.32 Å². The lowest BCUT2D eigenvalue weighted by Gasteiger charge is -2.44. The van der Waals surface area contributed by atoms with Gasteiger partial charge in [0.2, 0.25) is 8.32 Å². The first-order valence-corrected chi connectivity index (χ1v) is 21.0. The summed E-state index contributed by atoms with van der Waals surface area (Å²) in [5.41, 5.74) is 1.98. The monoisotopic (exact) mass is 672 g/mol. The zero-order valence-corrected chi connectivity index (χ0v) is 32.2. The zero-order chi connectivity index (χ0) is 34.7. The summed E-state index contributed by atoms with van der Waals surface area (Å²) in [7, 11) is -3.43. The highest BCUT2D eigenvalue weighted by molar-refractivity contribution is 6.99. The third-order valence-electron chi connectivity index (χ3n) is 9.38. The summed E-state index contributed by atoms with van der Waals surface area (Å²) >= 11 is 0. The number of hydrogen-bond acceptors (Lipinski definition) is 5. The van der Waals surface area contributed by atoms with E-state index >= 15 is 0 Å². The molecule has 0 aliphatic heterocycles. The van der Waals surface area contributed by atoms with Crippen molar-refractivity contribution in [3.05, 3.63) is 90.5 Å². The topological polar surface area (TPSA) is 54.0 Å². The molecule has 2 atom stereocenters. The molecule has 47 heavy (non-hydrogen) atoms. The van der Waals surface area contributed by atoms with Gasteiger partial charge in [-0.1, -0.05) is 147 Å². The summed E-state index contributed by atoms with van der Waals surface area (Å²) in [5, 5.41) is 2.29. The van der Waals surface area contributed by atoms with Crippen LogP contribution in [0.1, 0.15) is 74.3 Å². The van der Waals surface area contributed by atoms with E-state index in [1.54, 1.807) is 7.11 Å². The average molecular weight is 673 g/mol. The van der Waals surface area contributed by atoms with E-state index in [4.69, 9.17) is 18.3 Å². The molecule has 0 bridgehead atoms. The Hall–Kier alpha value is -3.00. The quantitative estimate of drug-likeness (QED) is 0.0871. The van der Waals surface area contributed by atoms with Crippen molar-refractivity contribution < 1.29 is 23.1 Å². The Labute approximate surface area is 286 Å². The van der Waals surface area contributed by atoms with E-state index in [-0.39, 0.29) is 11.6 Å². The third-order valence-corrected chi connectivity index (χ3v) is 20.5. The molecule has 5 nitrogen and oxygen atoms in total. The number of carbonyl (C=O) groups is 1. The van der Waals surface area contributed by atoms with Crippen molar-refractivity contribution in [1.29, 1.82) is 0 Å². The Morgan fingerprint density at radius 1 is 0.745 bits per heavy atom. The number of rotatable bonds is 16. The van der Waals surface area contributed by atoms with Crippen molar-refractivity contribution in [2.75, 3.05) is 13.7 Å². The first-order chi connectivity index (χ1) is 22.3. The Balaban J connectivity index is 1.92. The van der Waals surface area contributed by atoms with Gasteiger partial charge in [-0.3, -0.25) is 0 Å². The highest BCUT2D eigenvalue weighted by Crippen LogP contribution is 2.43. The second kappa shape index (κ2) is 17.4. The molecule has 0 spiro atoms. The van der Waals surface area contributed by atoms with Gasteiger partial charge in [-0.15, -0.1) is 0 Å². The molecule has 0 saturated carbocycles.